The lowest BCUT2D eigenvalue weighted by Crippen LogP contribution is -2.15. The van der Waals surface area contributed by atoms with Crippen LogP contribution < -0.4 is 0 Å². The Balaban J connectivity index is 2.02. The summed E-state index contributed by atoms with van der Waals surface area (Å²) >= 11 is 0. The van der Waals surface area contributed by atoms with Gasteiger partial charge in [0, 0.05) is 13.2 Å². The summed E-state index contributed by atoms with van der Waals surface area (Å²) in [6.07, 6.45) is 11.2. The van der Waals surface area contributed by atoms with Crippen molar-refractivity contribution in [3.8, 4) is 0 Å². The second-order valence-electron chi connectivity index (χ2n) is 4.97. The molecule has 2 nitrogen and oxygen atoms in total. The van der Waals surface area contributed by atoms with E-state index in [4.69, 9.17) is 10.2 Å². The summed E-state index contributed by atoms with van der Waals surface area (Å²) in [5, 5.41) is 17.5. The van der Waals surface area contributed by atoms with Crippen molar-refractivity contribution in [2.45, 2.75) is 57.8 Å². The summed E-state index contributed by atoms with van der Waals surface area (Å²) in [6.45, 7) is 0.711. The van der Waals surface area contributed by atoms with E-state index in [2.05, 4.69) is 0 Å². The maximum absolute atomic E-state index is 8.77. The predicted molar refractivity (Wildman–Crippen MR) is 62.7 cm³/mol. The summed E-state index contributed by atoms with van der Waals surface area (Å²) in [5.74, 6) is 1.80. The molecule has 2 heteroatoms. The zero-order chi connectivity index (χ0) is 10.9. The number of hydrogen-bond acceptors (Lipinski definition) is 2. The van der Waals surface area contributed by atoms with E-state index >= 15 is 0 Å². The van der Waals surface area contributed by atoms with Crippen LogP contribution in [0.15, 0.2) is 0 Å². The van der Waals surface area contributed by atoms with Crippen LogP contribution in [0.1, 0.15) is 57.8 Å². The van der Waals surface area contributed by atoms with Crippen LogP contribution in [0.2, 0.25) is 0 Å². The number of aliphatic hydroxyl groups is 2. The first-order valence-electron chi connectivity index (χ1n) is 6.58. The molecule has 1 rings (SSSR count). The maximum Gasteiger partial charge on any atom is 0.0431 e. The molecule has 1 aliphatic rings. The molecule has 0 saturated heterocycles. The fourth-order valence-electron chi connectivity index (χ4n) is 2.73. The maximum atomic E-state index is 8.77. The van der Waals surface area contributed by atoms with E-state index in [1.807, 2.05) is 0 Å². The Morgan fingerprint density at radius 3 is 1.60 bits per heavy atom. The third-order valence-corrected chi connectivity index (χ3v) is 3.76. The Bertz CT molecular complexity index is 139. The van der Waals surface area contributed by atoms with Gasteiger partial charge < -0.3 is 10.2 Å². The first kappa shape index (κ1) is 13.0. The Morgan fingerprint density at radius 2 is 1.13 bits per heavy atom. The van der Waals surface area contributed by atoms with Gasteiger partial charge in [0.05, 0.1) is 0 Å². The average molecular weight is 214 g/mol. The van der Waals surface area contributed by atoms with Crippen LogP contribution in [0.5, 0.6) is 0 Å². The molecule has 0 unspecified atom stereocenters. The summed E-state index contributed by atoms with van der Waals surface area (Å²) in [4.78, 5) is 0. The Kier molecular flexibility index (Phi) is 7.03. The molecule has 0 aliphatic heterocycles. The zero-order valence-electron chi connectivity index (χ0n) is 9.83. The van der Waals surface area contributed by atoms with Gasteiger partial charge in [0.25, 0.3) is 0 Å². The fourth-order valence-corrected chi connectivity index (χ4v) is 2.73. The van der Waals surface area contributed by atoms with Gasteiger partial charge in [-0.2, -0.15) is 0 Å². The predicted octanol–water partition coefficient (Wildman–Crippen LogP) is 2.73. The Morgan fingerprint density at radius 1 is 0.667 bits per heavy atom. The number of rotatable bonds is 7. The second kappa shape index (κ2) is 8.12. The molecule has 0 amide bonds. The van der Waals surface area contributed by atoms with E-state index in [-0.39, 0.29) is 0 Å². The minimum absolute atomic E-state index is 0.353. The van der Waals surface area contributed by atoms with Crippen LogP contribution >= 0.6 is 0 Å². The van der Waals surface area contributed by atoms with Gasteiger partial charge in [-0.15, -0.1) is 0 Å². The molecule has 0 aromatic heterocycles. The second-order valence-corrected chi connectivity index (χ2v) is 4.97. The van der Waals surface area contributed by atoms with Crippen molar-refractivity contribution in [1.82, 2.24) is 0 Å². The lowest BCUT2D eigenvalue weighted by atomic mass is 9.78. The third-order valence-electron chi connectivity index (χ3n) is 3.76. The first-order chi connectivity index (χ1) is 7.36. The van der Waals surface area contributed by atoms with Gasteiger partial charge in [-0.3, -0.25) is 0 Å². The Labute approximate surface area is 93.7 Å². The molecule has 0 bridgehead atoms. The lowest BCUT2D eigenvalue weighted by molar-refractivity contribution is 0.216. The van der Waals surface area contributed by atoms with Crippen LogP contribution in [-0.4, -0.2) is 23.4 Å². The normalized spacial score (nSPS) is 26.8. The highest BCUT2D eigenvalue weighted by Gasteiger charge is 2.20. The SMILES string of the molecule is OCCCCC1CCC(CCCO)CC1. The average Bonchev–Trinajstić information content (AvgIpc) is 2.28. The van der Waals surface area contributed by atoms with Crippen molar-refractivity contribution in [3.63, 3.8) is 0 Å². The van der Waals surface area contributed by atoms with Crippen LogP contribution in [0, 0.1) is 11.8 Å². The highest BCUT2D eigenvalue weighted by molar-refractivity contribution is 4.72. The molecular formula is C13H26O2. The minimum Gasteiger partial charge on any atom is -0.396 e. The highest BCUT2D eigenvalue weighted by Crippen LogP contribution is 2.33. The molecule has 1 aliphatic carbocycles. The summed E-state index contributed by atoms with van der Waals surface area (Å²) < 4.78 is 0. The zero-order valence-corrected chi connectivity index (χ0v) is 9.83. The van der Waals surface area contributed by atoms with Gasteiger partial charge in [-0.1, -0.05) is 38.5 Å². The highest BCUT2D eigenvalue weighted by atomic mass is 16.3. The van der Waals surface area contributed by atoms with Crippen molar-refractivity contribution in [3.05, 3.63) is 0 Å². The molecule has 0 aromatic rings. The van der Waals surface area contributed by atoms with E-state index in [1.165, 1.54) is 44.9 Å². The van der Waals surface area contributed by atoms with Gasteiger partial charge in [0.1, 0.15) is 0 Å². The van der Waals surface area contributed by atoms with Crippen molar-refractivity contribution in [2.24, 2.45) is 11.8 Å². The number of unbranched alkanes of at least 4 members (excludes halogenated alkanes) is 1. The molecule has 0 radical (unpaired) electrons. The molecule has 0 heterocycles. The summed E-state index contributed by atoms with van der Waals surface area (Å²) in [7, 11) is 0. The lowest BCUT2D eigenvalue weighted by Gasteiger charge is -2.28. The summed E-state index contributed by atoms with van der Waals surface area (Å²) in [5.41, 5.74) is 0. The van der Waals surface area contributed by atoms with Gasteiger partial charge in [-0.25, -0.2) is 0 Å². The quantitative estimate of drug-likeness (QED) is 0.640. The van der Waals surface area contributed by atoms with E-state index in [1.54, 1.807) is 0 Å². The summed E-state index contributed by atoms with van der Waals surface area (Å²) in [6, 6.07) is 0. The topological polar surface area (TPSA) is 40.5 Å². The van der Waals surface area contributed by atoms with Crippen molar-refractivity contribution in [1.29, 1.82) is 0 Å². The van der Waals surface area contributed by atoms with E-state index in [0.717, 1.165) is 24.7 Å². The van der Waals surface area contributed by atoms with Crippen molar-refractivity contribution in [2.75, 3.05) is 13.2 Å². The van der Waals surface area contributed by atoms with Crippen molar-refractivity contribution < 1.29 is 10.2 Å². The number of aliphatic hydroxyl groups excluding tert-OH is 2. The molecule has 15 heavy (non-hydrogen) atoms. The molecule has 2 N–H and O–H groups in total. The van der Waals surface area contributed by atoms with Gasteiger partial charge in [0.15, 0.2) is 0 Å². The largest absolute Gasteiger partial charge is 0.396 e. The van der Waals surface area contributed by atoms with E-state index in [0.29, 0.717) is 13.2 Å². The molecule has 1 saturated carbocycles. The van der Waals surface area contributed by atoms with Crippen LogP contribution in [0.25, 0.3) is 0 Å². The van der Waals surface area contributed by atoms with Crippen LogP contribution in [-0.2, 0) is 0 Å². The van der Waals surface area contributed by atoms with Crippen LogP contribution in [0.4, 0.5) is 0 Å². The molecule has 90 valence electrons. The van der Waals surface area contributed by atoms with Crippen molar-refractivity contribution >= 4 is 0 Å². The fraction of sp³-hybridized carbons (Fsp3) is 1.00. The molecule has 0 aromatic carbocycles. The van der Waals surface area contributed by atoms with Gasteiger partial charge in [-0.05, 0) is 31.1 Å². The molecule has 0 atom stereocenters. The Hall–Kier alpha value is -0.0800. The van der Waals surface area contributed by atoms with Gasteiger partial charge in [0.2, 0.25) is 0 Å². The van der Waals surface area contributed by atoms with E-state index < -0.39 is 0 Å². The monoisotopic (exact) mass is 214 g/mol. The molecular weight excluding hydrogens is 188 g/mol. The van der Waals surface area contributed by atoms with Gasteiger partial charge >= 0.3 is 0 Å². The van der Waals surface area contributed by atoms with E-state index in [9.17, 15) is 0 Å². The number of hydrogen-bond donors (Lipinski definition) is 2. The standard InChI is InChI=1S/C13H26O2/c14-10-2-1-4-12-6-8-13(9-7-12)5-3-11-15/h12-15H,1-11H2. The molecule has 1 fully saturated rings. The smallest absolute Gasteiger partial charge is 0.0431 e. The van der Waals surface area contributed by atoms with Crippen LogP contribution in [0.3, 0.4) is 0 Å². The molecule has 0 spiro atoms. The minimum atomic E-state index is 0.353. The first-order valence-corrected chi connectivity index (χ1v) is 6.58. The third kappa shape index (κ3) is 5.53.